The van der Waals surface area contributed by atoms with Crippen LogP contribution in [0.2, 0.25) is 0 Å². The summed E-state index contributed by atoms with van der Waals surface area (Å²) in [6.07, 6.45) is 0. The highest BCUT2D eigenvalue weighted by Gasteiger charge is 2.17. The number of fused-ring (bicyclic) bond motifs is 2. The number of hydrazine groups is 1. The lowest BCUT2D eigenvalue weighted by molar-refractivity contribution is 0.414. The Morgan fingerprint density at radius 3 is 2.28 bits per heavy atom. The van der Waals surface area contributed by atoms with E-state index in [0.717, 1.165) is 16.3 Å². The number of rotatable bonds is 6. The van der Waals surface area contributed by atoms with Crippen molar-refractivity contribution >= 4 is 37.5 Å². The number of hydrogen-bond acceptors (Lipinski definition) is 6. The lowest BCUT2D eigenvalue weighted by atomic mass is 10.1. The van der Waals surface area contributed by atoms with E-state index in [-0.39, 0.29) is 4.90 Å². The minimum absolute atomic E-state index is 0.117. The van der Waals surface area contributed by atoms with Gasteiger partial charge in [0.05, 0.1) is 30.3 Å². The normalized spacial score (nSPS) is 11.5. The molecular formula is C21H19N3O4S. The molecule has 0 atom stereocenters. The van der Waals surface area contributed by atoms with Crippen LogP contribution in [0.1, 0.15) is 0 Å². The van der Waals surface area contributed by atoms with Crippen LogP contribution in [-0.4, -0.2) is 27.6 Å². The fraction of sp³-hybridized carbons (Fsp3) is 0.0952. The summed E-state index contributed by atoms with van der Waals surface area (Å²) in [5.74, 6) is 1.18. The third-order valence-electron chi connectivity index (χ3n) is 4.57. The molecule has 8 heteroatoms. The van der Waals surface area contributed by atoms with Crippen LogP contribution in [0.15, 0.2) is 71.6 Å². The number of ether oxygens (including phenoxy) is 2. The maximum absolute atomic E-state index is 12.7. The van der Waals surface area contributed by atoms with E-state index in [0.29, 0.717) is 22.7 Å². The van der Waals surface area contributed by atoms with Crippen LogP contribution >= 0.6 is 0 Å². The van der Waals surface area contributed by atoms with Crippen molar-refractivity contribution in [1.82, 2.24) is 9.82 Å². The average molecular weight is 409 g/mol. The molecule has 0 radical (unpaired) electrons. The summed E-state index contributed by atoms with van der Waals surface area (Å²) in [6, 6.07) is 19.2. The molecule has 2 N–H and O–H groups in total. The quantitative estimate of drug-likeness (QED) is 0.373. The molecule has 0 saturated heterocycles. The Labute approximate surface area is 168 Å². The number of anilines is 1. The SMILES string of the molecule is COc1ccc(S(=O)(=O)NNc2c3ccccc3nc3c(OC)cccc23)cc1. The topological polar surface area (TPSA) is 89.6 Å². The number of nitrogens with zero attached hydrogens (tertiary/aromatic N) is 1. The molecule has 29 heavy (non-hydrogen) atoms. The molecule has 0 amide bonds. The highest BCUT2D eigenvalue weighted by atomic mass is 32.2. The fourth-order valence-corrected chi connectivity index (χ4v) is 3.97. The molecule has 148 valence electrons. The summed E-state index contributed by atoms with van der Waals surface area (Å²) in [7, 11) is -0.705. The first-order chi connectivity index (χ1) is 14.0. The van der Waals surface area contributed by atoms with Crippen LogP contribution in [0.5, 0.6) is 11.5 Å². The predicted molar refractivity (Wildman–Crippen MR) is 113 cm³/mol. The van der Waals surface area contributed by atoms with Crippen LogP contribution in [0.25, 0.3) is 21.8 Å². The second-order valence-corrected chi connectivity index (χ2v) is 7.95. The number of pyridine rings is 1. The largest absolute Gasteiger partial charge is 0.497 e. The maximum Gasteiger partial charge on any atom is 0.257 e. The van der Waals surface area contributed by atoms with E-state index >= 15 is 0 Å². The number of methoxy groups -OCH3 is 2. The second-order valence-electron chi connectivity index (χ2n) is 6.27. The van der Waals surface area contributed by atoms with E-state index < -0.39 is 10.0 Å². The van der Waals surface area contributed by atoms with Crippen molar-refractivity contribution < 1.29 is 17.9 Å². The number of para-hydroxylation sites is 2. The molecule has 4 aromatic rings. The molecule has 1 aromatic heterocycles. The van der Waals surface area contributed by atoms with Gasteiger partial charge in [-0.05, 0) is 36.4 Å². The number of benzene rings is 3. The number of sulfonamides is 1. The lowest BCUT2D eigenvalue weighted by Crippen LogP contribution is -2.29. The highest BCUT2D eigenvalue weighted by molar-refractivity contribution is 7.89. The van der Waals surface area contributed by atoms with Crippen molar-refractivity contribution in [2.45, 2.75) is 4.90 Å². The molecule has 0 bridgehead atoms. The Bertz CT molecular complexity index is 1290. The predicted octanol–water partition coefficient (Wildman–Crippen LogP) is 3.71. The van der Waals surface area contributed by atoms with E-state index in [1.807, 2.05) is 42.5 Å². The molecule has 0 unspecified atom stereocenters. The van der Waals surface area contributed by atoms with Crippen LogP contribution in [0.3, 0.4) is 0 Å². The van der Waals surface area contributed by atoms with Crippen molar-refractivity contribution in [2.75, 3.05) is 19.6 Å². The Kier molecular flexibility index (Phi) is 4.96. The van der Waals surface area contributed by atoms with Crippen molar-refractivity contribution in [3.63, 3.8) is 0 Å². The number of hydrogen-bond donors (Lipinski definition) is 2. The molecule has 3 aromatic carbocycles. The molecule has 0 aliphatic heterocycles. The van der Waals surface area contributed by atoms with Crippen molar-refractivity contribution in [2.24, 2.45) is 0 Å². The Hall–Kier alpha value is -3.36. The van der Waals surface area contributed by atoms with Gasteiger partial charge >= 0.3 is 0 Å². The van der Waals surface area contributed by atoms with Gasteiger partial charge in [0.1, 0.15) is 17.0 Å². The second kappa shape index (κ2) is 7.57. The maximum atomic E-state index is 12.7. The van der Waals surface area contributed by atoms with Crippen LogP contribution in [0.4, 0.5) is 5.69 Å². The summed E-state index contributed by atoms with van der Waals surface area (Å²) in [5, 5.41) is 1.52. The summed E-state index contributed by atoms with van der Waals surface area (Å²) in [4.78, 5) is 7.26. The van der Waals surface area contributed by atoms with Crippen LogP contribution in [-0.2, 0) is 10.0 Å². The van der Waals surface area contributed by atoms with Crippen LogP contribution < -0.4 is 19.7 Å². The first-order valence-corrected chi connectivity index (χ1v) is 10.3. The Balaban J connectivity index is 1.78. The van der Waals surface area contributed by atoms with Crippen molar-refractivity contribution in [3.05, 3.63) is 66.7 Å². The summed E-state index contributed by atoms with van der Waals surface area (Å²) >= 11 is 0. The molecule has 0 spiro atoms. The minimum atomic E-state index is -3.80. The monoisotopic (exact) mass is 409 g/mol. The van der Waals surface area contributed by atoms with Gasteiger partial charge in [-0.25, -0.2) is 13.4 Å². The van der Waals surface area contributed by atoms with E-state index in [4.69, 9.17) is 9.47 Å². The summed E-state index contributed by atoms with van der Waals surface area (Å²) in [6.45, 7) is 0. The number of aromatic nitrogens is 1. The molecule has 0 fully saturated rings. The zero-order valence-corrected chi connectivity index (χ0v) is 16.7. The van der Waals surface area contributed by atoms with Gasteiger partial charge in [-0.3, -0.25) is 0 Å². The molecule has 1 heterocycles. The molecule has 0 saturated carbocycles. The molecule has 0 aliphatic rings. The van der Waals surface area contributed by atoms with Crippen molar-refractivity contribution in [3.8, 4) is 11.5 Å². The zero-order chi connectivity index (χ0) is 20.4. The van der Waals surface area contributed by atoms with E-state index in [9.17, 15) is 8.42 Å². The lowest BCUT2D eigenvalue weighted by Gasteiger charge is -2.15. The third kappa shape index (κ3) is 3.55. The van der Waals surface area contributed by atoms with Gasteiger partial charge in [0.25, 0.3) is 10.0 Å². The number of nitrogens with one attached hydrogen (secondary N) is 2. The molecule has 0 aliphatic carbocycles. The molecular weight excluding hydrogens is 390 g/mol. The summed E-state index contributed by atoms with van der Waals surface area (Å²) in [5.41, 5.74) is 4.84. The standard InChI is InChI=1S/C21H19N3O4S/c1-27-14-10-12-15(13-11-14)29(25,26)24-23-20-16-6-3-4-8-18(16)22-21-17(20)7-5-9-19(21)28-2/h3-13,24H,1-2H3,(H,22,23). The summed E-state index contributed by atoms with van der Waals surface area (Å²) < 4.78 is 36.0. The van der Waals surface area contributed by atoms with Gasteiger partial charge in [-0.1, -0.05) is 30.3 Å². The third-order valence-corrected chi connectivity index (χ3v) is 5.84. The van der Waals surface area contributed by atoms with Gasteiger partial charge in [-0.15, -0.1) is 4.83 Å². The first kappa shape index (κ1) is 19.0. The fourth-order valence-electron chi connectivity index (χ4n) is 3.12. The van der Waals surface area contributed by atoms with E-state index in [1.54, 1.807) is 19.2 Å². The smallest absolute Gasteiger partial charge is 0.257 e. The van der Waals surface area contributed by atoms with E-state index in [1.165, 1.54) is 19.2 Å². The Morgan fingerprint density at radius 2 is 1.55 bits per heavy atom. The molecule has 7 nitrogen and oxygen atoms in total. The van der Waals surface area contributed by atoms with Crippen molar-refractivity contribution in [1.29, 1.82) is 0 Å². The highest BCUT2D eigenvalue weighted by Crippen LogP contribution is 2.34. The van der Waals surface area contributed by atoms with E-state index in [2.05, 4.69) is 15.2 Å². The average Bonchev–Trinajstić information content (AvgIpc) is 2.76. The minimum Gasteiger partial charge on any atom is -0.497 e. The van der Waals surface area contributed by atoms with Gasteiger partial charge < -0.3 is 14.9 Å². The Morgan fingerprint density at radius 1 is 0.828 bits per heavy atom. The van der Waals surface area contributed by atoms with Gasteiger partial charge in [-0.2, -0.15) is 0 Å². The van der Waals surface area contributed by atoms with Gasteiger partial charge in [0.2, 0.25) is 0 Å². The first-order valence-electron chi connectivity index (χ1n) is 8.81. The van der Waals surface area contributed by atoms with Gasteiger partial charge in [0.15, 0.2) is 0 Å². The van der Waals surface area contributed by atoms with Gasteiger partial charge in [0, 0.05) is 10.8 Å². The molecule has 4 rings (SSSR count). The van der Waals surface area contributed by atoms with Crippen LogP contribution in [0, 0.1) is 0 Å². The zero-order valence-electron chi connectivity index (χ0n) is 15.8.